The molecule has 2 aromatic rings. The van der Waals surface area contributed by atoms with Gasteiger partial charge in [0.2, 0.25) is 0 Å². The van der Waals surface area contributed by atoms with Crippen LogP contribution in [0.3, 0.4) is 0 Å². The highest BCUT2D eigenvalue weighted by atomic mass is 79.9. The number of carbonyl (C=O) groups excluding carboxylic acids is 1. The second-order valence-corrected chi connectivity index (χ2v) is 7.32. The van der Waals surface area contributed by atoms with Crippen LogP contribution in [0.15, 0.2) is 51.2 Å². The number of benzene rings is 1. The maximum atomic E-state index is 12.0. The first-order valence-electron chi connectivity index (χ1n) is 8.19. The summed E-state index contributed by atoms with van der Waals surface area (Å²) in [6.07, 6.45) is 1.81. The molecule has 7 heteroatoms. The molecular formula is C18H23BrN4OS. The number of halogens is 1. The Balaban J connectivity index is 1.58. The zero-order valence-electron chi connectivity index (χ0n) is 14.2. The van der Waals surface area contributed by atoms with Gasteiger partial charge in [0.05, 0.1) is 0 Å². The number of rotatable bonds is 8. The van der Waals surface area contributed by atoms with E-state index in [4.69, 9.17) is 0 Å². The summed E-state index contributed by atoms with van der Waals surface area (Å²) in [5.41, 5.74) is 0.661. The van der Waals surface area contributed by atoms with Crippen LogP contribution in [0.5, 0.6) is 0 Å². The molecule has 1 aromatic carbocycles. The van der Waals surface area contributed by atoms with Gasteiger partial charge < -0.3 is 16.0 Å². The predicted molar refractivity (Wildman–Crippen MR) is 108 cm³/mol. The van der Waals surface area contributed by atoms with Crippen molar-refractivity contribution in [1.29, 1.82) is 0 Å². The van der Waals surface area contributed by atoms with Gasteiger partial charge in [0.25, 0.3) is 5.91 Å². The molecule has 0 saturated carbocycles. The third kappa shape index (κ3) is 7.27. The minimum absolute atomic E-state index is 0.0558. The van der Waals surface area contributed by atoms with E-state index in [1.807, 2.05) is 18.2 Å². The molecule has 0 radical (unpaired) electrons. The summed E-state index contributed by atoms with van der Waals surface area (Å²) in [5.74, 6) is 0.731. The number of amides is 1. The Morgan fingerprint density at radius 3 is 2.64 bits per heavy atom. The molecule has 134 valence electrons. The molecule has 0 saturated heterocycles. The summed E-state index contributed by atoms with van der Waals surface area (Å²) >= 11 is 5.14. The Kier molecular flexibility index (Phi) is 8.48. The fraction of sp³-hybridized carbons (Fsp3) is 0.333. The third-order valence-electron chi connectivity index (χ3n) is 3.49. The Morgan fingerprint density at radius 1 is 1.12 bits per heavy atom. The smallest absolute Gasteiger partial charge is 0.251 e. The largest absolute Gasteiger partial charge is 0.356 e. The van der Waals surface area contributed by atoms with E-state index in [1.165, 1.54) is 4.88 Å². The van der Waals surface area contributed by atoms with Gasteiger partial charge in [-0.05, 0) is 42.5 Å². The van der Waals surface area contributed by atoms with Crippen LogP contribution in [-0.2, 0) is 6.42 Å². The van der Waals surface area contributed by atoms with E-state index in [9.17, 15) is 4.79 Å². The van der Waals surface area contributed by atoms with Crippen LogP contribution >= 0.6 is 27.3 Å². The van der Waals surface area contributed by atoms with Crippen molar-refractivity contribution in [3.8, 4) is 0 Å². The lowest BCUT2D eigenvalue weighted by Gasteiger charge is -2.12. The average Bonchev–Trinajstić information content (AvgIpc) is 3.13. The normalized spacial score (nSPS) is 11.2. The van der Waals surface area contributed by atoms with Crippen LogP contribution < -0.4 is 16.0 Å². The molecule has 0 atom stereocenters. The number of hydrogen-bond acceptors (Lipinski definition) is 3. The van der Waals surface area contributed by atoms with E-state index in [2.05, 4.69) is 54.4 Å². The average molecular weight is 423 g/mol. The highest BCUT2D eigenvalue weighted by Crippen LogP contribution is 2.11. The lowest BCUT2D eigenvalue weighted by atomic mass is 10.2. The second kappa shape index (κ2) is 10.9. The number of hydrogen-bond donors (Lipinski definition) is 3. The fourth-order valence-corrected chi connectivity index (χ4v) is 3.32. The van der Waals surface area contributed by atoms with Crippen LogP contribution in [0.2, 0.25) is 0 Å². The first-order chi connectivity index (χ1) is 12.2. The lowest BCUT2D eigenvalue weighted by molar-refractivity contribution is 0.0953. The highest BCUT2D eigenvalue weighted by Gasteiger charge is 2.04. The summed E-state index contributed by atoms with van der Waals surface area (Å²) in [4.78, 5) is 17.6. The van der Waals surface area contributed by atoms with Crippen LogP contribution in [0.4, 0.5) is 0 Å². The van der Waals surface area contributed by atoms with Gasteiger partial charge in [0.15, 0.2) is 5.96 Å². The van der Waals surface area contributed by atoms with Gasteiger partial charge in [-0.15, -0.1) is 11.3 Å². The first-order valence-corrected chi connectivity index (χ1v) is 9.87. The number of nitrogens with one attached hydrogen (secondary N) is 3. The molecule has 0 aliphatic rings. The maximum absolute atomic E-state index is 12.0. The van der Waals surface area contributed by atoms with E-state index in [1.54, 1.807) is 24.5 Å². The Bertz CT molecular complexity index is 688. The van der Waals surface area contributed by atoms with Gasteiger partial charge in [-0.3, -0.25) is 9.79 Å². The van der Waals surface area contributed by atoms with Crippen LogP contribution in [0, 0.1) is 0 Å². The zero-order valence-corrected chi connectivity index (χ0v) is 16.6. The second-order valence-electron chi connectivity index (χ2n) is 5.37. The monoisotopic (exact) mass is 422 g/mol. The van der Waals surface area contributed by atoms with Gasteiger partial charge in [-0.2, -0.15) is 0 Å². The van der Waals surface area contributed by atoms with Crippen molar-refractivity contribution in [2.45, 2.75) is 12.8 Å². The molecule has 2 rings (SSSR count). The SMILES string of the molecule is CN=C(NCCCNC(=O)c1cccc(Br)c1)NCCc1cccs1. The molecule has 25 heavy (non-hydrogen) atoms. The molecule has 0 aliphatic heterocycles. The molecule has 0 aliphatic carbocycles. The first kappa shape index (κ1) is 19.5. The fourth-order valence-electron chi connectivity index (χ4n) is 2.21. The number of carbonyl (C=O) groups is 1. The Labute approximate surface area is 161 Å². The molecule has 0 spiro atoms. The van der Waals surface area contributed by atoms with Crippen molar-refractivity contribution in [2.24, 2.45) is 4.99 Å². The lowest BCUT2D eigenvalue weighted by Crippen LogP contribution is -2.39. The topological polar surface area (TPSA) is 65.5 Å². The van der Waals surface area contributed by atoms with Crippen molar-refractivity contribution >= 4 is 39.1 Å². The number of guanidine groups is 1. The van der Waals surface area contributed by atoms with Crippen molar-refractivity contribution in [1.82, 2.24) is 16.0 Å². The van der Waals surface area contributed by atoms with E-state index in [0.717, 1.165) is 36.4 Å². The van der Waals surface area contributed by atoms with Gasteiger partial charge >= 0.3 is 0 Å². The molecule has 5 nitrogen and oxygen atoms in total. The summed E-state index contributed by atoms with van der Waals surface area (Å²) in [6.45, 7) is 2.21. The molecule has 1 heterocycles. The zero-order chi connectivity index (χ0) is 17.9. The van der Waals surface area contributed by atoms with Gasteiger partial charge in [-0.25, -0.2) is 0 Å². The summed E-state index contributed by atoms with van der Waals surface area (Å²) in [7, 11) is 1.76. The van der Waals surface area contributed by atoms with E-state index < -0.39 is 0 Å². The van der Waals surface area contributed by atoms with Gasteiger partial charge in [-0.1, -0.05) is 28.1 Å². The number of nitrogens with zero attached hydrogens (tertiary/aromatic N) is 1. The Hall–Kier alpha value is -1.86. The van der Waals surface area contributed by atoms with Crippen molar-refractivity contribution in [3.63, 3.8) is 0 Å². The van der Waals surface area contributed by atoms with Crippen LogP contribution in [0.25, 0.3) is 0 Å². The molecule has 1 aromatic heterocycles. The summed E-state index contributed by atoms with van der Waals surface area (Å²) in [5, 5.41) is 11.6. The predicted octanol–water partition coefficient (Wildman–Crippen LogP) is 3.04. The third-order valence-corrected chi connectivity index (χ3v) is 4.92. The molecule has 0 unspecified atom stereocenters. The minimum atomic E-state index is -0.0558. The quantitative estimate of drug-likeness (QED) is 0.348. The molecular weight excluding hydrogens is 400 g/mol. The standard InChI is InChI=1S/C18H23BrN4OS/c1-20-18(23-11-8-16-7-3-12-25-16)22-10-4-9-21-17(24)14-5-2-6-15(19)13-14/h2-3,5-7,12-13H,4,8-11H2,1H3,(H,21,24)(H2,20,22,23). The van der Waals surface area contributed by atoms with Crippen molar-refractivity contribution in [3.05, 3.63) is 56.7 Å². The van der Waals surface area contributed by atoms with Crippen molar-refractivity contribution < 1.29 is 4.79 Å². The van der Waals surface area contributed by atoms with E-state index >= 15 is 0 Å². The molecule has 0 fully saturated rings. The van der Waals surface area contributed by atoms with Crippen LogP contribution in [0.1, 0.15) is 21.7 Å². The number of aliphatic imine (C=N–C) groups is 1. The van der Waals surface area contributed by atoms with Gasteiger partial charge in [0.1, 0.15) is 0 Å². The Morgan fingerprint density at radius 2 is 1.92 bits per heavy atom. The summed E-state index contributed by atoms with van der Waals surface area (Å²) in [6, 6.07) is 11.6. The number of thiophene rings is 1. The highest BCUT2D eigenvalue weighted by molar-refractivity contribution is 9.10. The molecule has 0 bridgehead atoms. The molecule has 3 N–H and O–H groups in total. The van der Waals surface area contributed by atoms with Crippen LogP contribution in [-0.4, -0.2) is 38.5 Å². The van der Waals surface area contributed by atoms with Gasteiger partial charge in [0, 0.05) is 41.6 Å². The van der Waals surface area contributed by atoms with Crippen molar-refractivity contribution in [2.75, 3.05) is 26.7 Å². The minimum Gasteiger partial charge on any atom is -0.356 e. The maximum Gasteiger partial charge on any atom is 0.251 e. The summed E-state index contributed by atoms with van der Waals surface area (Å²) < 4.78 is 0.902. The molecule has 1 amide bonds. The van der Waals surface area contributed by atoms with E-state index in [0.29, 0.717) is 12.1 Å². The van der Waals surface area contributed by atoms with E-state index in [-0.39, 0.29) is 5.91 Å².